The number of hydrogen-bond donors (Lipinski definition) is 1. The van der Waals surface area contributed by atoms with Crippen LogP contribution in [0.2, 0.25) is 0 Å². The first kappa shape index (κ1) is 23.0. The van der Waals surface area contributed by atoms with Crippen molar-refractivity contribution in [2.24, 2.45) is 0 Å². The van der Waals surface area contributed by atoms with E-state index in [1.165, 1.54) is 5.56 Å². The Kier molecular flexibility index (Phi) is 6.49. The van der Waals surface area contributed by atoms with Crippen LogP contribution in [0.4, 0.5) is 0 Å². The lowest BCUT2D eigenvalue weighted by Crippen LogP contribution is -2.31. The molecule has 1 fully saturated rings. The van der Waals surface area contributed by atoms with Gasteiger partial charge in [-0.15, -0.1) is 0 Å². The molecule has 0 saturated carbocycles. The molecule has 3 heterocycles. The zero-order valence-electron chi connectivity index (χ0n) is 20.2. The number of H-pyrrole nitrogens is 1. The molecule has 2 aromatic heterocycles. The molecule has 7 nitrogen and oxygen atoms in total. The minimum Gasteiger partial charge on any atom is -0.358 e. The summed E-state index contributed by atoms with van der Waals surface area (Å²) in [6, 6.07) is 6.30. The Balaban J connectivity index is 1.46. The van der Waals surface area contributed by atoms with E-state index in [1.807, 2.05) is 32.6 Å². The molecule has 1 aliphatic heterocycles. The van der Waals surface area contributed by atoms with Crippen LogP contribution in [0, 0.1) is 20.8 Å². The molecule has 1 N–H and O–H groups in total. The van der Waals surface area contributed by atoms with Gasteiger partial charge in [-0.2, -0.15) is 0 Å². The summed E-state index contributed by atoms with van der Waals surface area (Å²) < 4.78 is 0. The SMILES string of the molecule is CCN(CC)C(=O)c1cnc(C2CCN(C(=O)Cc3c(C)[nH]c4ccc(C)cc34)C2)nc1C. The van der Waals surface area contributed by atoms with Gasteiger partial charge in [-0.3, -0.25) is 9.59 Å². The molecule has 1 atom stereocenters. The van der Waals surface area contributed by atoms with Crippen molar-refractivity contribution < 1.29 is 9.59 Å². The molecule has 3 aromatic rings. The van der Waals surface area contributed by atoms with Crippen LogP contribution in [0.25, 0.3) is 10.9 Å². The number of amides is 2. The van der Waals surface area contributed by atoms with Crippen LogP contribution in [0.5, 0.6) is 0 Å². The number of fused-ring (bicyclic) bond motifs is 1. The Morgan fingerprint density at radius 1 is 1.18 bits per heavy atom. The van der Waals surface area contributed by atoms with Crippen molar-refractivity contribution in [3.8, 4) is 0 Å². The Labute approximate surface area is 195 Å². The van der Waals surface area contributed by atoms with Gasteiger partial charge in [-0.25, -0.2) is 9.97 Å². The van der Waals surface area contributed by atoms with E-state index in [2.05, 4.69) is 40.1 Å². The van der Waals surface area contributed by atoms with Crippen LogP contribution in [-0.2, 0) is 11.2 Å². The van der Waals surface area contributed by atoms with E-state index in [4.69, 9.17) is 0 Å². The van der Waals surface area contributed by atoms with E-state index in [9.17, 15) is 9.59 Å². The third-order valence-electron chi connectivity index (χ3n) is 6.79. The topological polar surface area (TPSA) is 82.2 Å². The van der Waals surface area contributed by atoms with Crippen molar-refractivity contribution in [1.29, 1.82) is 0 Å². The Morgan fingerprint density at radius 3 is 2.64 bits per heavy atom. The minimum absolute atomic E-state index is 0.0309. The zero-order chi connectivity index (χ0) is 23.7. The van der Waals surface area contributed by atoms with Gasteiger partial charge in [0.05, 0.1) is 17.7 Å². The summed E-state index contributed by atoms with van der Waals surface area (Å²) in [4.78, 5) is 42.1. The van der Waals surface area contributed by atoms with Crippen LogP contribution < -0.4 is 0 Å². The van der Waals surface area contributed by atoms with Crippen LogP contribution in [0.1, 0.15) is 64.9 Å². The van der Waals surface area contributed by atoms with Gasteiger partial charge in [-0.1, -0.05) is 11.6 Å². The van der Waals surface area contributed by atoms with Gasteiger partial charge in [0.1, 0.15) is 5.82 Å². The van der Waals surface area contributed by atoms with Gasteiger partial charge >= 0.3 is 0 Å². The number of rotatable bonds is 6. The second-order valence-electron chi connectivity index (χ2n) is 8.98. The van der Waals surface area contributed by atoms with Crippen LogP contribution in [0.15, 0.2) is 24.4 Å². The fraction of sp³-hybridized carbons (Fsp3) is 0.462. The summed E-state index contributed by atoms with van der Waals surface area (Å²) in [7, 11) is 0. The Bertz CT molecular complexity index is 1190. The van der Waals surface area contributed by atoms with E-state index < -0.39 is 0 Å². The van der Waals surface area contributed by atoms with Gasteiger partial charge < -0.3 is 14.8 Å². The largest absolute Gasteiger partial charge is 0.358 e. The smallest absolute Gasteiger partial charge is 0.257 e. The average Bonchev–Trinajstić information content (AvgIpc) is 3.40. The van der Waals surface area contributed by atoms with E-state index >= 15 is 0 Å². The number of benzene rings is 1. The average molecular weight is 448 g/mol. The molecule has 2 amide bonds. The summed E-state index contributed by atoms with van der Waals surface area (Å²) in [6.07, 6.45) is 2.88. The molecule has 4 rings (SSSR count). The van der Waals surface area contributed by atoms with Crippen molar-refractivity contribution >= 4 is 22.7 Å². The fourth-order valence-corrected chi connectivity index (χ4v) is 4.76. The lowest BCUT2D eigenvalue weighted by molar-refractivity contribution is -0.129. The van der Waals surface area contributed by atoms with Gasteiger partial charge in [0.25, 0.3) is 5.91 Å². The fourth-order valence-electron chi connectivity index (χ4n) is 4.76. The first-order chi connectivity index (χ1) is 15.8. The van der Waals surface area contributed by atoms with E-state index in [0.29, 0.717) is 43.9 Å². The van der Waals surface area contributed by atoms with E-state index in [-0.39, 0.29) is 17.7 Å². The molecule has 1 aromatic carbocycles. The second kappa shape index (κ2) is 9.33. The normalized spacial score (nSPS) is 15.9. The molecule has 1 aliphatic rings. The van der Waals surface area contributed by atoms with Crippen LogP contribution >= 0.6 is 0 Å². The van der Waals surface area contributed by atoms with Gasteiger partial charge in [0.2, 0.25) is 5.91 Å². The highest BCUT2D eigenvalue weighted by Crippen LogP contribution is 2.28. The number of carbonyl (C=O) groups excluding carboxylic acids is 2. The first-order valence-corrected chi connectivity index (χ1v) is 11.8. The van der Waals surface area contributed by atoms with E-state index in [0.717, 1.165) is 34.4 Å². The molecule has 0 aliphatic carbocycles. The lowest BCUT2D eigenvalue weighted by Gasteiger charge is -2.20. The number of aromatic nitrogens is 3. The number of carbonyl (C=O) groups is 2. The van der Waals surface area contributed by atoms with Crippen molar-refractivity contribution in [2.45, 2.75) is 53.4 Å². The molecule has 0 bridgehead atoms. The van der Waals surface area contributed by atoms with Crippen LogP contribution in [0.3, 0.4) is 0 Å². The number of nitrogens with zero attached hydrogens (tertiary/aromatic N) is 4. The minimum atomic E-state index is -0.0309. The standard InChI is InChI=1S/C26H33N5O2/c1-6-30(7-2)26(33)22-14-27-25(29-18(22)5)19-10-11-31(15-19)24(32)13-20-17(4)28-23-9-8-16(3)12-21(20)23/h8-9,12,14,19,28H,6-7,10-11,13,15H2,1-5H3. The maximum Gasteiger partial charge on any atom is 0.257 e. The van der Waals surface area contributed by atoms with Crippen molar-refractivity contribution in [1.82, 2.24) is 24.8 Å². The molecule has 33 heavy (non-hydrogen) atoms. The summed E-state index contributed by atoms with van der Waals surface area (Å²) in [5, 5.41) is 1.13. The number of nitrogens with one attached hydrogen (secondary N) is 1. The molecular weight excluding hydrogens is 414 g/mol. The predicted molar refractivity (Wildman–Crippen MR) is 129 cm³/mol. The molecule has 1 unspecified atom stereocenters. The third-order valence-corrected chi connectivity index (χ3v) is 6.79. The highest BCUT2D eigenvalue weighted by molar-refractivity contribution is 5.95. The van der Waals surface area contributed by atoms with Crippen molar-refractivity contribution in [3.63, 3.8) is 0 Å². The summed E-state index contributed by atoms with van der Waals surface area (Å²) >= 11 is 0. The van der Waals surface area contributed by atoms with E-state index in [1.54, 1.807) is 11.1 Å². The summed E-state index contributed by atoms with van der Waals surface area (Å²) in [5.74, 6) is 0.916. The number of aryl methyl sites for hydroxylation is 3. The lowest BCUT2D eigenvalue weighted by atomic mass is 10.1. The summed E-state index contributed by atoms with van der Waals surface area (Å²) in [5.41, 5.74) is 5.64. The summed E-state index contributed by atoms with van der Waals surface area (Å²) in [6.45, 7) is 12.5. The van der Waals surface area contributed by atoms with Gasteiger partial charge in [0.15, 0.2) is 0 Å². The monoisotopic (exact) mass is 447 g/mol. The first-order valence-electron chi connectivity index (χ1n) is 11.8. The zero-order valence-corrected chi connectivity index (χ0v) is 20.2. The molecule has 7 heteroatoms. The molecule has 0 spiro atoms. The maximum absolute atomic E-state index is 13.1. The number of aromatic amines is 1. The molecule has 174 valence electrons. The van der Waals surface area contributed by atoms with Gasteiger partial charge in [0, 0.05) is 54.9 Å². The quantitative estimate of drug-likeness (QED) is 0.621. The molecular formula is C26H33N5O2. The van der Waals surface area contributed by atoms with Crippen molar-refractivity contribution in [3.05, 3.63) is 58.3 Å². The molecule has 0 radical (unpaired) electrons. The Morgan fingerprint density at radius 2 is 1.94 bits per heavy atom. The Hall–Kier alpha value is -3.22. The highest BCUT2D eigenvalue weighted by atomic mass is 16.2. The maximum atomic E-state index is 13.1. The predicted octanol–water partition coefficient (Wildman–Crippen LogP) is 3.92. The van der Waals surface area contributed by atoms with Gasteiger partial charge in [-0.05, 0) is 58.7 Å². The van der Waals surface area contributed by atoms with Crippen LogP contribution in [-0.4, -0.2) is 62.7 Å². The third kappa shape index (κ3) is 4.49. The highest BCUT2D eigenvalue weighted by Gasteiger charge is 2.30. The van der Waals surface area contributed by atoms with Crippen molar-refractivity contribution in [2.75, 3.05) is 26.2 Å². The molecule has 1 saturated heterocycles. The second-order valence-corrected chi connectivity index (χ2v) is 8.98. The number of hydrogen-bond acceptors (Lipinski definition) is 4. The number of likely N-dealkylation sites (tertiary alicyclic amines) is 1.